The van der Waals surface area contributed by atoms with Crippen molar-refractivity contribution in [3.8, 4) is 11.8 Å². The summed E-state index contributed by atoms with van der Waals surface area (Å²) in [6.07, 6.45) is 7.44. The quantitative estimate of drug-likeness (QED) is 0.627. The topological polar surface area (TPSA) is 71.8 Å². The molecule has 2 saturated heterocycles. The van der Waals surface area contributed by atoms with Crippen LogP contribution >= 0.6 is 0 Å². The Morgan fingerprint density at radius 1 is 1.03 bits per heavy atom. The van der Waals surface area contributed by atoms with E-state index in [1.807, 2.05) is 31.7 Å². The minimum absolute atomic E-state index is 0.0117. The molecule has 2 heterocycles. The van der Waals surface area contributed by atoms with Crippen LogP contribution in [0, 0.1) is 17.1 Å². The highest BCUT2D eigenvalue weighted by molar-refractivity contribution is 5.69. The molecular weight excluding hydrogens is 411 g/mol. The number of nitriles is 1. The number of piperidine rings is 1. The van der Waals surface area contributed by atoms with Gasteiger partial charge < -0.3 is 19.1 Å². The van der Waals surface area contributed by atoms with E-state index < -0.39 is 11.4 Å². The Kier molecular flexibility index (Phi) is 6.62. The van der Waals surface area contributed by atoms with E-state index in [4.69, 9.17) is 14.2 Å². The first kappa shape index (κ1) is 22.8. The SMILES string of the molecule is CC(C)(C)OC(=O)N1[C@@H]2CC[C@H]1C[C@H](O[C@H]1CC[C@H](Oc3ccc(F)cc3C#N)CC1)C2. The van der Waals surface area contributed by atoms with Crippen molar-refractivity contribution in [1.82, 2.24) is 4.90 Å². The summed E-state index contributed by atoms with van der Waals surface area (Å²) in [5.74, 6) is 0.0158. The van der Waals surface area contributed by atoms with Crippen molar-refractivity contribution >= 4 is 6.09 Å². The number of hydrogen-bond acceptors (Lipinski definition) is 5. The largest absolute Gasteiger partial charge is 0.489 e. The van der Waals surface area contributed by atoms with Crippen LogP contribution in [-0.4, -0.2) is 47.0 Å². The van der Waals surface area contributed by atoms with E-state index >= 15 is 0 Å². The molecule has 1 aliphatic carbocycles. The molecule has 1 aromatic rings. The van der Waals surface area contributed by atoms with E-state index in [2.05, 4.69) is 0 Å². The summed E-state index contributed by atoms with van der Waals surface area (Å²) < 4.78 is 31.4. The number of carbonyl (C=O) groups is 1. The average Bonchev–Trinajstić information content (AvgIpc) is 3.00. The highest BCUT2D eigenvalue weighted by Crippen LogP contribution is 2.39. The summed E-state index contributed by atoms with van der Waals surface area (Å²) in [5.41, 5.74) is -0.248. The van der Waals surface area contributed by atoms with Gasteiger partial charge in [-0.1, -0.05) is 0 Å². The maximum Gasteiger partial charge on any atom is 0.410 e. The number of fused-ring (bicyclic) bond motifs is 2. The summed E-state index contributed by atoms with van der Waals surface area (Å²) in [5, 5.41) is 9.20. The van der Waals surface area contributed by atoms with Gasteiger partial charge in [-0.15, -0.1) is 0 Å². The Morgan fingerprint density at radius 3 is 2.25 bits per heavy atom. The molecule has 3 fully saturated rings. The van der Waals surface area contributed by atoms with Crippen LogP contribution in [0.15, 0.2) is 18.2 Å². The maximum atomic E-state index is 13.3. The fourth-order valence-electron chi connectivity index (χ4n) is 5.28. The molecule has 0 spiro atoms. The van der Waals surface area contributed by atoms with Crippen LogP contribution in [0.1, 0.15) is 77.7 Å². The molecule has 0 unspecified atom stereocenters. The normalized spacial score (nSPS) is 30.0. The Hall–Kier alpha value is -2.33. The monoisotopic (exact) mass is 444 g/mol. The molecule has 1 amide bonds. The Bertz CT molecular complexity index is 856. The van der Waals surface area contributed by atoms with Gasteiger partial charge in [-0.05, 0) is 90.3 Å². The minimum Gasteiger partial charge on any atom is -0.489 e. The van der Waals surface area contributed by atoms with Crippen molar-refractivity contribution in [3.63, 3.8) is 0 Å². The van der Waals surface area contributed by atoms with Gasteiger partial charge in [0.2, 0.25) is 0 Å². The fourth-order valence-corrected chi connectivity index (χ4v) is 5.28. The number of carbonyl (C=O) groups excluding carboxylic acids is 1. The van der Waals surface area contributed by atoms with Crippen LogP contribution in [0.2, 0.25) is 0 Å². The molecule has 1 aromatic carbocycles. The molecule has 3 aliphatic rings. The van der Waals surface area contributed by atoms with Crippen molar-refractivity contribution in [2.75, 3.05) is 0 Å². The fraction of sp³-hybridized carbons (Fsp3) is 0.680. The number of rotatable bonds is 4. The first-order valence-corrected chi connectivity index (χ1v) is 11.7. The second-order valence-corrected chi connectivity index (χ2v) is 10.3. The van der Waals surface area contributed by atoms with Crippen molar-refractivity contribution in [2.45, 2.75) is 108 Å². The zero-order valence-corrected chi connectivity index (χ0v) is 19.2. The molecule has 174 valence electrons. The molecule has 0 aromatic heterocycles. The standard InChI is InChI=1S/C25H33FN2O4/c1-25(2,3)32-24(29)28-18-5-6-19(28)14-22(13-18)30-20-7-9-21(10-8-20)31-23-11-4-17(26)12-16(23)15-27/h4,11-12,18-22H,5-10,13-14H2,1-3H3/t18-,19+,20-,21-,22-. The first-order valence-electron chi connectivity index (χ1n) is 11.7. The third kappa shape index (κ3) is 5.35. The number of halogens is 1. The minimum atomic E-state index is -0.480. The summed E-state index contributed by atoms with van der Waals surface area (Å²) in [6, 6.07) is 6.47. The van der Waals surface area contributed by atoms with Crippen LogP contribution in [-0.2, 0) is 9.47 Å². The van der Waals surface area contributed by atoms with Gasteiger partial charge in [0, 0.05) is 12.1 Å². The highest BCUT2D eigenvalue weighted by atomic mass is 19.1. The average molecular weight is 445 g/mol. The first-order chi connectivity index (χ1) is 15.2. The predicted octanol–water partition coefficient (Wildman–Crippen LogP) is 5.33. The number of hydrogen-bond donors (Lipinski definition) is 0. The number of ether oxygens (including phenoxy) is 3. The second kappa shape index (κ2) is 9.27. The lowest BCUT2D eigenvalue weighted by molar-refractivity contribution is -0.0812. The van der Waals surface area contributed by atoms with Crippen LogP contribution in [0.25, 0.3) is 0 Å². The van der Waals surface area contributed by atoms with Crippen molar-refractivity contribution < 1.29 is 23.4 Å². The molecule has 6 nitrogen and oxygen atoms in total. The smallest absolute Gasteiger partial charge is 0.410 e. The van der Waals surface area contributed by atoms with E-state index in [0.717, 1.165) is 51.4 Å². The lowest BCUT2D eigenvalue weighted by atomic mass is 9.93. The van der Waals surface area contributed by atoms with Gasteiger partial charge in [-0.25, -0.2) is 9.18 Å². The van der Waals surface area contributed by atoms with Gasteiger partial charge in [-0.3, -0.25) is 0 Å². The summed E-state index contributed by atoms with van der Waals surface area (Å²) in [6.45, 7) is 5.71. The molecule has 4 rings (SSSR count). The lowest BCUT2D eigenvalue weighted by Crippen LogP contribution is -2.50. The zero-order chi connectivity index (χ0) is 22.9. The third-order valence-electron chi connectivity index (χ3n) is 6.66. The van der Waals surface area contributed by atoms with Gasteiger partial charge in [0.25, 0.3) is 0 Å². The molecule has 3 atom stereocenters. The zero-order valence-electron chi connectivity index (χ0n) is 19.2. The third-order valence-corrected chi connectivity index (χ3v) is 6.66. The maximum absolute atomic E-state index is 13.3. The second-order valence-electron chi connectivity index (χ2n) is 10.3. The van der Waals surface area contributed by atoms with Gasteiger partial charge in [-0.2, -0.15) is 5.26 Å². The molecule has 0 N–H and O–H groups in total. The molecule has 2 bridgehead atoms. The van der Waals surface area contributed by atoms with Crippen LogP contribution in [0.3, 0.4) is 0 Å². The molecular formula is C25H33FN2O4. The van der Waals surface area contributed by atoms with E-state index in [-0.39, 0.29) is 42.1 Å². The van der Waals surface area contributed by atoms with Gasteiger partial charge in [0.15, 0.2) is 0 Å². The van der Waals surface area contributed by atoms with Crippen LogP contribution in [0.5, 0.6) is 5.75 Å². The Morgan fingerprint density at radius 2 is 1.66 bits per heavy atom. The van der Waals surface area contributed by atoms with Gasteiger partial charge in [0.05, 0.1) is 23.9 Å². The van der Waals surface area contributed by atoms with Crippen molar-refractivity contribution in [1.29, 1.82) is 5.26 Å². The predicted molar refractivity (Wildman–Crippen MR) is 117 cm³/mol. The van der Waals surface area contributed by atoms with Crippen LogP contribution < -0.4 is 4.74 Å². The van der Waals surface area contributed by atoms with E-state index in [0.29, 0.717) is 5.75 Å². The van der Waals surface area contributed by atoms with Gasteiger partial charge in [0.1, 0.15) is 23.2 Å². The van der Waals surface area contributed by atoms with Gasteiger partial charge >= 0.3 is 6.09 Å². The molecule has 32 heavy (non-hydrogen) atoms. The number of benzene rings is 1. The molecule has 1 saturated carbocycles. The highest BCUT2D eigenvalue weighted by Gasteiger charge is 2.45. The van der Waals surface area contributed by atoms with Crippen LogP contribution in [0.4, 0.5) is 9.18 Å². The van der Waals surface area contributed by atoms with E-state index in [9.17, 15) is 14.4 Å². The Labute approximate surface area is 189 Å². The van der Waals surface area contributed by atoms with E-state index in [1.54, 1.807) is 0 Å². The number of amides is 1. The summed E-state index contributed by atoms with van der Waals surface area (Å²) in [7, 11) is 0. The molecule has 2 aliphatic heterocycles. The van der Waals surface area contributed by atoms with E-state index in [1.165, 1.54) is 18.2 Å². The summed E-state index contributed by atoms with van der Waals surface area (Å²) in [4.78, 5) is 14.6. The molecule has 7 heteroatoms. The molecule has 0 radical (unpaired) electrons. The number of nitrogens with zero attached hydrogens (tertiary/aromatic N) is 2. The Balaban J connectivity index is 1.25. The van der Waals surface area contributed by atoms with Crippen molar-refractivity contribution in [3.05, 3.63) is 29.6 Å². The summed E-state index contributed by atoms with van der Waals surface area (Å²) >= 11 is 0. The van der Waals surface area contributed by atoms with Crippen molar-refractivity contribution in [2.24, 2.45) is 0 Å². The lowest BCUT2D eigenvalue weighted by Gasteiger charge is -2.41.